The first-order valence-electron chi connectivity index (χ1n) is 8.55. The Kier molecular flexibility index (Phi) is 4.81. The fraction of sp³-hybridized carbons (Fsp3) is 0.368. The van der Waals surface area contributed by atoms with Crippen molar-refractivity contribution < 1.29 is 9.59 Å². The second kappa shape index (κ2) is 7.01. The highest BCUT2D eigenvalue weighted by atomic mass is 16.2. The van der Waals surface area contributed by atoms with Gasteiger partial charge in [-0.15, -0.1) is 0 Å². The molecule has 2 aromatic carbocycles. The fourth-order valence-corrected chi connectivity index (χ4v) is 3.14. The third kappa shape index (κ3) is 2.76. The minimum absolute atomic E-state index is 0.189. The Morgan fingerprint density at radius 1 is 1.04 bits per heavy atom. The zero-order valence-corrected chi connectivity index (χ0v) is 14.0. The Hall–Kier alpha value is -2.40. The van der Waals surface area contributed by atoms with Crippen molar-refractivity contribution in [3.05, 3.63) is 41.5 Å². The highest BCUT2D eigenvalue weighted by Gasteiger charge is 2.32. The molecule has 1 aliphatic heterocycles. The number of imide groups is 1. The van der Waals surface area contributed by atoms with E-state index in [1.807, 2.05) is 37.3 Å². The Morgan fingerprint density at radius 2 is 1.79 bits per heavy atom. The van der Waals surface area contributed by atoms with Gasteiger partial charge in [0, 0.05) is 40.7 Å². The number of benzene rings is 2. The van der Waals surface area contributed by atoms with Gasteiger partial charge in [0.15, 0.2) is 0 Å². The second-order valence-corrected chi connectivity index (χ2v) is 6.07. The molecule has 0 unspecified atom stereocenters. The highest BCUT2D eigenvalue weighted by molar-refractivity contribution is 6.26. The summed E-state index contributed by atoms with van der Waals surface area (Å²) >= 11 is 0. The van der Waals surface area contributed by atoms with Gasteiger partial charge < -0.3 is 11.1 Å². The lowest BCUT2D eigenvalue weighted by Crippen LogP contribution is -2.40. The minimum Gasteiger partial charge on any atom is -0.384 e. The van der Waals surface area contributed by atoms with Crippen LogP contribution in [0.15, 0.2) is 30.3 Å². The Bertz CT molecular complexity index is 763. The number of nitrogens with one attached hydrogen (secondary N) is 1. The van der Waals surface area contributed by atoms with Gasteiger partial charge in [-0.2, -0.15) is 0 Å². The summed E-state index contributed by atoms with van der Waals surface area (Å²) < 4.78 is 0. The first-order chi connectivity index (χ1) is 11.7. The lowest BCUT2D eigenvalue weighted by molar-refractivity contribution is 0.0608. The van der Waals surface area contributed by atoms with Crippen molar-refractivity contribution in [2.45, 2.75) is 26.2 Å². The number of unbranched alkanes of at least 4 members (excludes halogenated alkanes) is 1. The van der Waals surface area contributed by atoms with Crippen molar-refractivity contribution in [3.8, 4) is 0 Å². The molecule has 0 spiro atoms. The van der Waals surface area contributed by atoms with Gasteiger partial charge >= 0.3 is 0 Å². The number of carbonyl (C=O) groups is 2. The number of hydrogen-bond acceptors (Lipinski definition) is 4. The number of anilines is 1. The monoisotopic (exact) mass is 325 g/mol. The molecule has 3 N–H and O–H groups in total. The van der Waals surface area contributed by atoms with E-state index in [9.17, 15) is 9.59 Å². The van der Waals surface area contributed by atoms with Crippen molar-refractivity contribution in [2.75, 3.05) is 25.0 Å². The van der Waals surface area contributed by atoms with Crippen molar-refractivity contribution in [1.29, 1.82) is 0 Å². The minimum atomic E-state index is -0.189. The topological polar surface area (TPSA) is 75.4 Å². The van der Waals surface area contributed by atoms with E-state index in [0.717, 1.165) is 42.3 Å². The van der Waals surface area contributed by atoms with Gasteiger partial charge in [-0.05, 0) is 37.6 Å². The van der Waals surface area contributed by atoms with Crippen LogP contribution in [0.3, 0.4) is 0 Å². The van der Waals surface area contributed by atoms with Crippen LogP contribution in [-0.2, 0) is 0 Å². The molecule has 5 heteroatoms. The van der Waals surface area contributed by atoms with Crippen LogP contribution in [0.5, 0.6) is 0 Å². The van der Waals surface area contributed by atoms with E-state index in [-0.39, 0.29) is 11.8 Å². The van der Waals surface area contributed by atoms with E-state index in [4.69, 9.17) is 5.73 Å². The van der Waals surface area contributed by atoms with E-state index >= 15 is 0 Å². The van der Waals surface area contributed by atoms with Crippen LogP contribution in [0.25, 0.3) is 10.8 Å². The number of nitrogens with zero attached hydrogens (tertiary/aromatic N) is 1. The molecule has 5 nitrogen and oxygen atoms in total. The summed E-state index contributed by atoms with van der Waals surface area (Å²) in [5.41, 5.74) is 7.70. The Balaban J connectivity index is 2.06. The third-order valence-corrected chi connectivity index (χ3v) is 4.42. The number of hydrogen-bond donors (Lipinski definition) is 2. The molecule has 0 radical (unpaired) electrons. The zero-order chi connectivity index (χ0) is 17.1. The summed E-state index contributed by atoms with van der Waals surface area (Å²) in [7, 11) is 0. The molecular formula is C19H23N3O2. The van der Waals surface area contributed by atoms with E-state index in [2.05, 4.69) is 5.32 Å². The summed E-state index contributed by atoms with van der Waals surface area (Å²) in [5.74, 6) is -0.378. The normalized spacial score (nSPS) is 13.7. The average molecular weight is 325 g/mol. The van der Waals surface area contributed by atoms with Gasteiger partial charge in [0.25, 0.3) is 11.8 Å². The Labute approximate surface area is 141 Å². The SMILES string of the molecule is CCCCN1C(=O)c2cccc3c(NCCCN)ccc(c23)C1=O. The van der Waals surface area contributed by atoms with Gasteiger partial charge in [0.1, 0.15) is 0 Å². The second-order valence-electron chi connectivity index (χ2n) is 6.07. The molecule has 0 atom stereocenters. The van der Waals surface area contributed by atoms with Gasteiger partial charge in [-0.25, -0.2) is 0 Å². The summed E-state index contributed by atoms with van der Waals surface area (Å²) in [6.07, 6.45) is 2.63. The van der Waals surface area contributed by atoms with E-state index in [1.165, 1.54) is 4.90 Å². The van der Waals surface area contributed by atoms with Gasteiger partial charge in [0.2, 0.25) is 0 Å². The summed E-state index contributed by atoms with van der Waals surface area (Å²) in [6.45, 7) is 3.91. The van der Waals surface area contributed by atoms with Crippen LogP contribution in [0.4, 0.5) is 5.69 Å². The van der Waals surface area contributed by atoms with Crippen LogP contribution in [0.2, 0.25) is 0 Å². The Morgan fingerprint density at radius 3 is 2.50 bits per heavy atom. The predicted octanol–water partition coefficient (Wildman–Crippen LogP) is 3.00. The molecule has 1 aliphatic rings. The van der Waals surface area contributed by atoms with Crippen LogP contribution in [0.1, 0.15) is 46.9 Å². The molecule has 0 aromatic heterocycles. The highest BCUT2D eigenvalue weighted by Crippen LogP contribution is 2.34. The molecule has 0 bridgehead atoms. The van der Waals surface area contributed by atoms with Crippen LogP contribution < -0.4 is 11.1 Å². The summed E-state index contributed by atoms with van der Waals surface area (Å²) in [6, 6.07) is 9.38. The fourth-order valence-electron chi connectivity index (χ4n) is 3.14. The first kappa shape index (κ1) is 16.5. The lowest BCUT2D eigenvalue weighted by Gasteiger charge is -2.27. The standard InChI is InChI=1S/C19H23N3O2/c1-2-3-12-22-18(23)14-7-4-6-13-16(21-11-5-10-20)9-8-15(17(13)14)19(22)24/h4,6-9,21H,2-3,5,10-12,20H2,1H3. The van der Waals surface area contributed by atoms with Gasteiger partial charge in [-0.1, -0.05) is 25.5 Å². The zero-order valence-electron chi connectivity index (χ0n) is 14.0. The van der Waals surface area contributed by atoms with E-state index in [0.29, 0.717) is 24.2 Å². The van der Waals surface area contributed by atoms with E-state index < -0.39 is 0 Å². The lowest BCUT2D eigenvalue weighted by atomic mass is 9.93. The molecule has 0 saturated carbocycles. The first-order valence-corrected chi connectivity index (χ1v) is 8.55. The maximum Gasteiger partial charge on any atom is 0.261 e. The molecule has 2 amide bonds. The maximum absolute atomic E-state index is 12.8. The molecular weight excluding hydrogens is 302 g/mol. The van der Waals surface area contributed by atoms with Gasteiger partial charge in [0.05, 0.1) is 0 Å². The quantitative estimate of drug-likeness (QED) is 0.606. The number of amides is 2. The smallest absolute Gasteiger partial charge is 0.261 e. The van der Waals surface area contributed by atoms with Crippen molar-refractivity contribution in [3.63, 3.8) is 0 Å². The predicted molar refractivity (Wildman–Crippen MR) is 96.4 cm³/mol. The third-order valence-electron chi connectivity index (χ3n) is 4.42. The molecule has 2 aromatic rings. The largest absolute Gasteiger partial charge is 0.384 e. The molecule has 0 saturated heterocycles. The number of nitrogens with two attached hydrogens (primary N) is 1. The van der Waals surface area contributed by atoms with Crippen LogP contribution in [-0.4, -0.2) is 36.3 Å². The van der Waals surface area contributed by atoms with Gasteiger partial charge in [-0.3, -0.25) is 14.5 Å². The molecule has 3 rings (SSSR count). The van der Waals surface area contributed by atoms with Crippen molar-refractivity contribution in [1.82, 2.24) is 4.90 Å². The molecule has 0 fully saturated rings. The molecule has 126 valence electrons. The van der Waals surface area contributed by atoms with Crippen molar-refractivity contribution >= 4 is 28.3 Å². The summed E-state index contributed by atoms with van der Waals surface area (Å²) in [4.78, 5) is 26.9. The number of carbonyl (C=O) groups excluding carboxylic acids is 2. The molecule has 24 heavy (non-hydrogen) atoms. The average Bonchev–Trinajstić information content (AvgIpc) is 2.60. The van der Waals surface area contributed by atoms with E-state index in [1.54, 1.807) is 0 Å². The number of rotatable bonds is 7. The maximum atomic E-state index is 12.8. The van der Waals surface area contributed by atoms with Crippen LogP contribution in [0, 0.1) is 0 Å². The summed E-state index contributed by atoms with van der Waals surface area (Å²) in [5, 5.41) is 5.03. The molecule has 1 heterocycles. The molecule has 0 aliphatic carbocycles. The van der Waals surface area contributed by atoms with Crippen LogP contribution >= 0.6 is 0 Å². The van der Waals surface area contributed by atoms with Crippen molar-refractivity contribution in [2.24, 2.45) is 5.73 Å².